The smallest absolute Gasteiger partial charge is 0.332 e. The number of benzene rings is 1. The quantitative estimate of drug-likeness (QED) is 0.623. The molecule has 0 saturated carbocycles. The molecule has 0 spiro atoms. The molecule has 0 aromatic heterocycles. The summed E-state index contributed by atoms with van der Waals surface area (Å²) in [6.07, 6.45) is 0. The zero-order valence-corrected chi connectivity index (χ0v) is 16.0. The van der Waals surface area contributed by atoms with Gasteiger partial charge in [0.05, 0.1) is 4.90 Å². The van der Waals surface area contributed by atoms with Crippen molar-refractivity contribution in [1.29, 1.82) is 0 Å². The molecule has 1 fully saturated rings. The molecule has 26 heavy (non-hydrogen) atoms. The van der Waals surface area contributed by atoms with E-state index in [2.05, 4.69) is 0 Å². The Labute approximate surface area is 157 Å². The molecule has 0 aliphatic carbocycles. The molecule has 10 heteroatoms. The average Bonchev–Trinajstić information content (AvgIpc) is 2.64. The van der Waals surface area contributed by atoms with Crippen LogP contribution in [0.15, 0.2) is 29.2 Å². The summed E-state index contributed by atoms with van der Waals surface area (Å²) in [6.45, 7) is 2.35. The zero-order valence-electron chi connectivity index (χ0n) is 14.4. The van der Waals surface area contributed by atoms with Crippen LogP contribution in [0.3, 0.4) is 0 Å². The molecule has 0 atom stereocenters. The fraction of sp³-hybridized carbons (Fsp3) is 0.500. The van der Waals surface area contributed by atoms with Crippen molar-refractivity contribution in [1.82, 2.24) is 9.21 Å². The molecule has 0 unspecified atom stereocenters. The van der Waals surface area contributed by atoms with Gasteiger partial charge in [-0.05, 0) is 31.2 Å². The second-order valence-corrected chi connectivity index (χ2v) is 7.91. The molecule has 1 saturated heterocycles. The number of hydrogen-bond donors (Lipinski definition) is 0. The van der Waals surface area contributed by atoms with Gasteiger partial charge in [0.2, 0.25) is 10.0 Å². The summed E-state index contributed by atoms with van der Waals surface area (Å²) in [6, 6.07) is 5.94. The molecule has 2 rings (SSSR count). The molecule has 0 bridgehead atoms. The molecule has 1 aliphatic heterocycles. The number of esters is 1. The van der Waals surface area contributed by atoms with E-state index in [0.717, 1.165) is 0 Å². The molecule has 0 radical (unpaired) electrons. The van der Waals surface area contributed by atoms with Crippen LogP contribution >= 0.6 is 11.6 Å². The molecular weight excluding hydrogens is 384 g/mol. The minimum atomic E-state index is -3.63. The number of ether oxygens (including phenoxy) is 2. The van der Waals surface area contributed by atoms with Crippen molar-refractivity contribution < 1.29 is 27.5 Å². The number of piperazine rings is 1. The standard InChI is InChI=1S/C16H21ClN2O6S/c1-2-24-12-16(21)25-11-15(20)18-7-9-19(10-8-18)26(22,23)14-5-3-13(17)4-6-14/h3-6H,2,7-12H2,1H3. The summed E-state index contributed by atoms with van der Waals surface area (Å²) in [5.74, 6) is -0.970. The Hall–Kier alpha value is -1.68. The van der Waals surface area contributed by atoms with Crippen LogP contribution in [0.25, 0.3) is 0 Å². The Bertz CT molecular complexity index is 730. The van der Waals surface area contributed by atoms with Crippen molar-refractivity contribution in [2.45, 2.75) is 11.8 Å². The lowest BCUT2D eigenvalue weighted by Gasteiger charge is -2.33. The van der Waals surface area contributed by atoms with Gasteiger partial charge in [-0.1, -0.05) is 11.6 Å². The second-order valence-electron chi connectivity index (χ2n) is 5.54. The van der Waals surface area contributed by atoms with E-state index >= 15 is 0 Å². The van der Waals surface area contributed by atoms with Gasteiger partial charge >= 0.3 is 5.97 Å². The predicted molar refractivity (Wildman–Crippen MR) is 94.2 cm³/mol. The molecule has 144 valence electrons. The van der Waals surface area contributed by atoms with Gasteiger partial charge in [-0.15, -0.1) is 0 Å². The Balaban J connectivity index is 1.85. The monoisotopic (exact) mass is 404 g/mol. The Morgan fingerprint density at radius 1 is 1.08 bits per heavy atom. The van der Waals surface area contributed by atoms with E-state index in [9.17, 15) is 18.0 Å². The highest BCUT2D eigenvalue weighted by molar-refractivity contribution is 7.89. The van der Waals surface area contributed by atoms with E-state index in [0.29, 0.717) is 11.6 Å². The maximum atomic E-state index is 12.6. The summed E-state index contributed by atoms with van der Waals surface area (Å²) < 4.78 is 36.2. The van der Waals surface area contributed by atoms with E-state index in [-0.39, 0.29) is 50.2 Å². The van der Waals surface area contributed by atoms with Crippen molar-refractivity contribution in [3.05, 3.63) is 29.3 Å². The molecular formula is C16H21ClN2O6S. The lowest BCUT2D eigenvalue weighted by atomic mass is 10.3. The van der Waals surface area contributed by atoms with E-state index in [1.54, 1.807) is 6.92 Å². The summed E-state index contributed by atoms with van der Waals surface area (Å²) in [5, 5.41) is 0.457. The zero-order chi connectivity index (χ0) is 19.2. The van der Waals surface area contributed by atoms with Crippen molar-refractivity contribution >= 4 is 33.5 Å². The normalized spacial score (nSPS) is 15.7. The van der Waals surface area contributed by atoms with Gasteiger partial charge in [-0.2, -0.15) is 4.31 Å². The van der Waals surface area contributed by atoms with E-state index < -0.39 is 16.0 Å². The summed E-state index contributed by atoms with van der Waals surface area (Å²) in [7, 11) is -3.63. The van der Waals surface area contributed by atoms with E-state index in [4.69, 9.17) is 21.1 Å². The maximum absolute atomic E-state index is 12.6. The van der Waals surface area contributed by atoms with Gasteiger partial charge in [0, 0.05) is 37.8 Å². The second kappa shape index (κ2) is 9.31. The third-order valence-electron chi connectivity index (χ3n) is 3.82. The van der Waals surface area contributed by atoms with Crippen molar-refractivity contribution in [3.8, 4) is 0 Å². The highest BCUT2D eigenvalue weighted by Crippen LogP contribution is 2.19. The number of carbonyl (C=O) groups excluding carboxylic acids is 2. The lowest BCUT2D eigenvalue weighted by molar-refractivity contribution is -0.156. The van der Waals surface area contributed by atoms with Gasteiger partial charge in [-0.25, -0.2) is 13.2 Å². The van der Waals surface area contributed by atoms with Crippen LogP contribution in [0, 0.1) is 0 Å². The number of nitrogens with zero attached hydrogens (tertiary/aromatic N) is 2. The third-order valence-corrected chi connectivity index (χ3v) is 5.99. The Morgan fingerprint density at radius 3 is 2.27 bits per heavy atom. The minimum absolute atomic E-state index is 0.159. The highest BCUT2D eigenvalue weighted by Gasteiger charge is 2.30. The average molecular weight is 405 g/mol. The lowest BCUT2D eigenvalue weighted by Crippen LogP contribution is -2.51. The first-order valence-corrected chi connectivity index (χ1v) is 9.93. The Kier molecular flexibility index (Phi) is 7.39. The van der Waals surface area contributed by atoms with Crippen LogP contribution in [0.2, 0.25) is 5.02 Å². The van der Waals surface area contributed by atoms with Gasteiger partial charge < -0.3 is 14.4 Å². The first kappa shape index (κ1) is 20.6. The first-order chi connectivity index (χ1) is 12.3. The highest BCUT2D eigenvalue weighted by atomic mass is 35.5. The predicted octanol–water partition coefficient (Wildman–Crippen LogP) is 0.753. The largest absolute Gasteiger partial charge is 0.454 e. The fourth-order valence-corrected chi connectivity index (χ4v) is 3.94. The number of sulfonamides is 1. The van der Waals surface area contributed by atoms with Crippen LogP contribution in [-0.2, 0) is 29.1 Å². The van der Waals surface area contributed by atoms with Crippen LogP contribution in [0.4, 0.5) is 0 Å². The number of hydrogen-bond acceptors (Lipinski definition) is 6. The van der Waals surface area contributed by atoms with Gasteiger partial charge in [-0.3, -0.25) is 4.79 Å². The van der Waals surface area contributed by atoms with Crippen molar-refractivity contribution in [3.63, 3.8) is 0 Å². The van der Waals surface area contributed by atoms with E-state index in [1.165, 1.54) is 33.5 Å². The minimum Gasteiger partial charge on any atom is -0.454 e. The van der Waals surface area contributed by atoms with Crippen molar-refractivity contribution in [2.24, 2.45) is 0 Å². The number of rotatable bonds is 7. The molecule has 8 nitrogen and oxygen atoms in total. The van der Waals surface area contributed by atoms with Crippen LogP contribution < -0.4 is 0 Å². The van der Waals surface area contributed by atoms with Gasteiger partial charge in [0.15, 0.2) is 6.61 Å². The van der Waals surface area contributed by atoms with Gasteiger partial charge in [0.1, 0.15) is 6.61 Å². The Morgan fingerprint density at radius 2 is 1.69 bits per heavy atom. The molecule has 1 aromatic rings. The summed E-state index contributed by atoms with van der Waals surface area (Å²) >= 11 is 5.79. The number of carbonyl (C=O) groups is 2. The number of amides is 1. The molecule has 0 N–H and O–H groups in total. The number of halogens is 1. The van der Waals surface area contributed by atoms with Crippen LogP contribution in [0.5, 0.6) is 0 Å². The topological polar surface area (TPSA) is 93.2 Å². The van der Waals surface area contributed by atoms with Crippen molar-refractivity contribution in [2.75, 3.05) is 46.0 Å². The fourth-order valence-electron chi connectivity index (χ4n) is 2.39. The summed E-state index contributed by atoms with van der Waals surface area (Å²) in [5.41, 5.74) is 0. The van der Waals surface area contributed by atoms with Crippen LogP contribution in [-0.4, -0.2) is 75.5 Å². The molecule has 1 aromatic carbocycles. The summed E-state index contributed by atoms with van der Waals surface area (Å²) in [4.78, 5) is 25.0. The SMILES string of the molecule is CCOCC(=O)OCC(=O)N1CCN(S(=O)(=O)c2ccc(Cl)cc2)CC1. The molecule has 1 heterocycles. The molecule has 1 amide bonds. The van der Waals surface area contributed by atoms with E-state index in [1.807, 2.05) is 0 Å². The molecule has 1 aliphatic rings. The third kappa shape index (κ3) is 5.41. The van der Waals surface area contributed by atoms with Gasteiger partial charge in [0.25, 0.3) is 5.91 Å². The van der Waals surface area contributed by atoms with Crippen LogP contribution in [0.1, 0.15) is 6.92 Å². The first-order valence-electron chi connectivity index (χ1n) is 8.11. The maximum Gasteiger partial charge on any atom is 0.332 e.